The van der Waals surface area contributed by atoms with Crippen molar-refractivity contribution in [2.45, 2.75) is 69.5 Å². The number of phenols is 1. The molecule has 1 saturated carbocycles. The summed E-state index contributed by atoms with van der Waals surface area (Å²) in [6, 6.07) is 12.3. The van der Waals surface area contributed by atoms with Crippen molar-refractivity contribution in [2.24, 2.45) is 5.92 Å². The lowest BCUT2D eigenvalue weighted by atomic mass is 9.76. The van der Waals surface area contributed by atoms with E-state index in [9.17, 15) is 19.4 Å². The maximum absolute atomic E-state index is 14.7. The van der Waals surface area contributed by atoms with Gasteiger partial charge in [-0.15, -0.1) is 0 Å². The van der Waals surface area contributed by atoms with Gasteiger partial charge < -0.3 is 15.5 Å². The summed E-state index contributed by atoms with van der Waals surface area (Å²) in [4.78, 5) is 13.5. The Balaban J connectivity index is 1.48. The van der Waals surface area contributed by atoms with Gasteiger partial charge in [0.2, 0.25) is 0 Å². The molecule has 1 heterocycles. The molecule has 3 N–H and O–H groups in total. The first-order valence-corrected chi connectivity index (χ1v) is 12.1. The number of hydrogen-bond acceptors (Lipinski definition) is 4. The molecule has 6 heteroatoms. The lowest BCUT2D eigenvalue weighted by Gasteiger charge is -2.39. The van der Waals surface area contributed by atoms with Crippen LogP contribution in [-0.2, 0) is 23.3 Å². The molecule has 2 aliphatic rings. The van der Waals surface area contributed by atoms with Gasteiger partial charge in [-0.05, 0) is 74.9 Å². The van der Waals surface area contributed by atoms with E-state index in [0.717, 1.165) is 55.3 Å². The standard InChI is InChI=1S/C27H35FN2O3/c1-30-14-11-19(17-24(30)26(32)33)15-21-16-20(9-10-25(21)31)18-29-27(12-5-2-6-13-27)22-7-3-4-8-23(22)28/h3-4,7-10,16,19,24,29,31H,2,5-6,11-15,17-18H2,1H3,(H,32,33). The highest BCUT2D eigenvalue weighted by Crippen LogP contribution is 2.39. The Bertz CT molecular complexity index is 974. The molecule has 0 bridgehead atoms. The molecule has 2 atom stereocenters. The lowest BCUT2D eigenvalue weighted by molar-refractivity contribution is -0.144. The van der Waals surface area contributed by atoms with Crippen LogP contribution in [0.5, 0.6) is 5.75 Å². The van der Waals surface area contributed by atoms with Crippen LogP contribution in [-0.4, -0.2) is 40.7 Å². The minimum Gasteiger partial charge on any atom is -0.508 e. The molecule has 2 unspecified atom stereocenters. The summed E-state index contributed by atoms with van der Waals surface area (Å²) in [5, 5.41) is 23.7. The maximum atomic E-state index is 14.7. The molecule has 4 rings (SSSR count). The number of likely N-dealkylation sites (N-methyl/N-ethyl adjacent to an activating group) is 1. The minimum absolute atomic E-state index is 0.159. The highest BCUT2D eigenvalue weighted by atomic mass is 19.1. The van der Waals surface area contributed by atoms with Crippen LogP contribution in [0.2, 0.25) is 0 Å². The molecule has 5 nitrogen and oxygen atoms in total. The van der Waals surface area contributed by atoms with Gasteiger partial charge in [-0.3, -0.25) is 9.69 Å². The molecule has 0 aromatic heterocycles. The zero-order valence-corrected chi connectivity index (χ0v) is 19.4. The highest BCUT2D eigenvalue weighted by Gasteiger charge is 2.35. The Hall–Kier alpha value is -2.44. The van der Waals surface area contributed by atoms with Crippen molar-refractivity contribution in [3.05, 3.63) is 65.0 Å². The summed E-state index contributed by atoms with van der Waals surface area (Å²) in [7, 11) is 1.86. The Morgan fingerprint density at radius 2 is 1.94 bits per heavy atom. The van der Waals surface area contributed by atoms with Gasteiger partial charge in [0.15, 0.2) is 0 Å². The fourth-order valence-electron chi connectivity index (χ4n) is 5.67. The third-order valence-electron chi connectivity index (χ3n) is 7.64. The van der Waals surface area contributed by atoms with E-state index in [1.165, 1.54) is 12.5 Å². The molecular formula is C27H35FN2O3. The fourth-order valence-corrected chi connectivity index (χ4v) is 5.67. The Morgan fingerprint density at radius 3 is 2.67 bits per heavy atom. The first-order valence-electron chi connectivity index (χ1n) is 12.1. The SMILES string of the molecule is CN1CCC(Cc2cc(CNC3(c4ccccc4F)CCCCC3)ccc2O)CC1C(=O)O. The number of hydrogen-bond donors (Lipinski definition) is 3. The van der Waals surface area contributed by atoms with E-state index in [-0.39, 0.29) is 23.0 Å². The first kappa shape index (κ1) is 23.7. The van der Waals surface area contributed by atoms with Gasteiger partial charge in [0.25, 0.3) is 0 Å². The lowest BCUT2D eigenvalue weighted by Crippen LogP contribution is -2.45. The summed E-state index contributed by atoms with van der Waals surface area (Å²) in [5.41, 5.74) is 2.28. The third-order valence-corrected chi connectivity index (χ3v) is 7.64. The summed E-state index contributed by atoms with van der Waals surface area (Å²) in [6.07, 6.45) is 7.30. The van der Waals surface area contributed by atoms with Crippen molar-refractivity contribution in [3.8, 4) is 5.75 Å². The number of aliphatic carboxylic acids is 1. The van der Waals surface area contributed by atoms with Gasteiger partial charge in [0, 0.05) is 17.6 Å². The van der Waals surface area contributed by atoms with Crippen molar-refractivity contribution in [1.82, 2.24) is 10.2 Å². The second-order valence-electron chi connectivity index (χ2n) is 9.87. The van der Waals surface area contributed by atoms with E-state index in [4.69, 9.17) is 0 Å². The van der Waals surface area contributed by atoms with Crippen LogP contribution in [0.15, 0.2) is 42.5 Å². The van der Waals surface area contributed by atoms with Gasteiger partial charge in [-0.25, -0.2) is 4.39 Å². The van der Waals surface area contributed by atoms with Gasteiger partial charge in [0.05, 0.1) is 0 Å². The van der Waals surface area contributed by atoms with Crippen LogP contribution < -0.4 is 5.32 Å². The Morgan fingerprint density at radius 1 is 1.18 bits per heavy atom. The first-order chi connectivity index (χ1) is 15.9. The average molecular weight is 455 g/mol. The molecule has 1 aliphatic heterocycles. The normalized spacial score (nSPS) is 23.3. The number of likely N-dealkylation sites (tertiary alicyclic amines) is 1. The monoisotopic (exact) mass is 454 g/mol. The van der Waals surface area contributed by atoms with Gasteiger partial charge in [0.1, 0.15) is 17.6 Å². The number of halogens is 1. The molecule has 1 saturated heterocycles. The van der Waals surface area contributed by atoms with E-state index in [1.807, 2.05) is 36.2 Å². The number of piperidine rings is 1. The third kappa shape index (κ3) is 5.39. The zero-order valence-electron chi connectivity index (χ0n) is 19.4. The molecule has 1 aliphatic carbocycles. The summed E-state index contributed by atoms with van der Waals surface area (Å²) < 4.78 is 14.7. The number of rotatable bonds is 7. The molecular weight excluding hydrogens is 419 g/mol. The van der Waals surface area contributed by atoms with Crippen LogP contribution in [0.4, 0.5) is 4.39 Å². The molecule has 2 aromatic rings. The van der Waals surface area contributed by atoms with Crippen LogP contribution in [0.1, 0.15) is 61.6 Å². The van der Waals surface area contributed by atoms with E-state index in [0.29, 0.717) is 19.4 Å². The molecule has 33 heavy (non-hydrogen) atoms. The minimum atomic E-state index is -0.782. The number of carbonyl (C=O) groups is 1. The van der Waals surface area contributed by atoms with E-state index in [1.54, 1.807) is 12.1 Å². The van der Waals surface area contributed by atoms with Gasteiger partial charge >= 0.3 is 5.97 Å². The summed E-state index contributed by atoms with van der Waals surface area (Å²) in [6.45, 7) is 1.33. The second kappa shape index (κ2) is 10.2. The number of carboxylic acids is 1. The quantitative estimate of drug-likeness (QED) is 0.560. The van der Waals surface area contributed by atoms with Crippen molar-refractivity contribution in [1.29, 1.82) is 0 Å². The number of benzene rings is 2. The fraction of sp³-hybridized carbons (Fsp3) is 0.519. The van der Waals surface area contributed by atoms with Crippen molar-refractivity contribution >= 4 is 5.97 Å². The van der Waals surface area contributed by atoms with Crippen LogP contribution in [0.3, 0.4) is 0 Å². The average Bonchev–Trinajstić information content (AvgIpc) is 2.81. The summed E-state index contributed by atoms with van der Waals surface area (Å²) in [5.74, 6) is -0.464. The van der Waals surface area contributed by atoms with Crippen LogP contribution in [0.25, 0.3) is 0 Å². The Labute approximate surface area is 195 Å². The van der Waals surface area contributed by atoms with E-state index >= 15 is 0 Å². The molecule has 2 aromatic carbocycles. The maximum Gasteiger partial charge on any atom is 0.320 e. The van der Waals surface area contributed by atoms with Crippen LogP contribution in [0, 0.1) is 11.7 Å². The number of aromatic hydroxyl groups is 1. The number of nitrogens with one attached hydrogen (secondary N) is 1. The number of phenolic OH excluding ortho intramolecular Hbond substituents is 1. The smallest absolute Gasteiger partial charge is 0.320 e. The molecule has 0 amide bonds. The van der Waals surface area contributed by atoms with Crippen molar-refractivity contribution in [2.75, 3.05) is 13.6 Å². The second-order valence-corrected chi connectivity index (χ2v) is 9.87. The largest absolute Gasteiger partial charge is 0.508 e. The number of nitrogens with zero attached hydrogens (tertiary/aromatic N) is 1. The van der Waals surface area contributed by atoms with Crippen LogP contribution >= 0.6 is 0 Å². The predicted octanol–water partition coefficient (Wildman–Crippen LogP) is 4.82. The predicted molar refractivity (Wildman–Crippen MR) is 127 cm³/mol. The molecule has 2 fully saturated rings. The summed E-state index contributed by atoms with van der Waals surface area (Å²) >= 11 is 0. The van der Waals surface area contributed by atoms with Gasteiger partial charge in [-0.2, -0.15) is 0 Å². The van der Waals surface area contributed by atoms with Crippen molar-refractivity contribution < 1.29 is 19.4 Å². The number of carboxylic acid groups (broad SMARTS) is 1. The van der Waals surface area contributed by atoms with E-state index < -0.39 is 12.0 Å². The topological polar surface area (TPSA) is 72.8 Å². The zero-order chi connectivity index (χ0) is 23.4. The van der Waals surface area contributed by atoms with E-state index in [2.05, 4.69) is 5.32 Å². The van der Waals surface area contributed by atoms with Crippen molar-refractivity contribution in [3.63, 3.8) is 0 Å². The Kier molecular flexibility index (Phi) is 7.35. The highest BCUT2D eigenvalue weighted by molar-refractivity contribution is 5.73. The molecule has 178 valence electrons. The molecule has 0 spiro atoms. The molecule has 0 radical (unpaired) electrons. The van der Waals surface area contributed by atoms with Gasteiger partial charge in [-0.1, -0.05) is 49.6 Å².